The molecule has 0 amide bonds. The monoisotopic (exact) mass is 246 g/mol. The number of ether oxygens (including phenoxy) is 2. The molecule has 17 heavy (non-hydrogen) atoms. The first-order chi connectivity index (χ1) is 8.41. The van der Waals surface area contributed by atoms with Crippen LogP contribution in [0.2, 0.25) is 0 Å². The van der Waals surface area contributed by atoms with Crippen LogP contribution in [0, 0.1) is 0 Å². The minimum atomic E-state index is 0.0953. The van der Waals surface area contributed by atoms with E-state index in [-0.39, 0.29) is 6.61 Å². The van der Waals surface area contributed by atoms with E-state index in [2.05, 4.69) is 6.92 Å². The normalized spacial score (nSPS) is 10.9. The van der Waals surface area contributed by atoms with Gasteiger partial charge in [0.05, 0.1) is 26.4 Å². The molecule has 0 aliphatic heterocycles. The number of aliphatic hydroxyl groups is 1. The smallest absolute Gasteiger partial charge is 0.0701 e. The van der Waals surface area contributed by atoms with Gasteiger partial charge in [-0.1, -0.05) is 51.9 Å². The Morgan fingerprint density at radius 3 is 1.76 bits per heavy atom. The molecule has 0 aromatic carbocycles. The molecule has 3 heteroatoms. The van der Waals surface area contributed by atoms with Gasteiger partial charge in [-0.3, -0.25) is 0 Å². The summed E-state index contributed by atoms with van der Waals surface area (Å²) in [6.07, 6.45) is 10.7. The first kappa shape index (κ1) is 16.9. The van der Waals surface area contributed by atoms with Crippen LogP contribution in [0.5, 0.6) is 0 Å². The van der Waals surface area contributed by atoms with E-state index < -0.39 is 0 Å². The summed E-state index contributed by atoms with van der Waals surface area (Å²) in [5.74, 6) is 0. The summed E-state index contributed by atoms with van der Waals surface area (Å²) in [7, 11) is 0. The zero-order chi connectivity index (χ0) is 12.6. The summed E-state index contributed by atoms with van der Waals surface area (Å²) in [4.78, 5) is 0. The van der Waals surface area contributed by atoms with E-state index in [1.165, 1.54) is 44.9 Å². The second-order valence-electron chi connectivity index (χ2n) is 4.42. The topological polar surface area (TPSA) is 38.7 Å². The van der Waals surface area contributed by atoms with Crippen molar-refractivity contribution in [3.63, 3.8) is 0 Å². The number of unbranched alkanes of at least 4 members (excludes halogenated alkanes) is 7. The van der Waals surface area contributed by atoms with Crippen LogP contribution in [0.15, 0.2) is 0 Å². The van der Waals surface area contributed by atoms with Gasteiger partial charge in [0.1, 0.15) is 0 Å². The molecule has 0 saturated heterocycles. The van der Waals surface area contributed by atoms with E-state index >= 15 is 0 Å². The minimum absolute atomic E-state index is 0.0953. The zero-order valence-corrected chi connectivity index (χ0v) is 11.5. The molecule has 0 radical (unpaired) electrons. The summed E-state index contributed by atoms with van der Waals surface area (Å²) < 4.78 is 10.5. The number of rotatable bonds is 14. The van der Waals surface area contributed by atoms with E-state index in [0.29, 0.717) is 19.8 Å². The highest BCUT2D eigenvalue weighted by atomic mass is 16.5. The van der Waals surface area contributed by atoms with Gasteiger partial charge in [0.15, 0.2) is 0 Å². The molecule has 1 N–H and O–H groups in total. The van der Waals surface area contributed by atoms with Gasteiger partial charge in [-0.15, -0.1) is 0 Å². The van der Waals surface area contributed by atoms with Gasteiger partial charge in [0.2, 0.25) is 0 Å². The van der Waals surface area contributed by atoms with Crippen molar-refractivity contribution in [1.82, 2.24) is 0 Å². The SMILES string of the molecule is CCCCCCCCCCOCCOCCO. The van der Waals surface area contributed by atoms with Crippen LogP contribution < -0.4 is 0 Å². The molecule has 0 atom stereocenters. The van der Waals surface area contributed by atoms with Crippen LogP contribution in [0.4, 0.5) is 0 Å². The third-order valence-corrected chi connectivity index (χ3v) is 2.75. The molecule has 0 unspecified atom stereocenters. The maximum absolute atomic E-state index is 8.48. The highest BCUT2D eigenvalue weighted by molar-refractivity contribution is 4.45. The largest absolute Gasteiger partial charge is 0.394 e. The van der Waals surface area contributed by atoms with Crippen molar-refractivity contribution in [3.8, 4) is 0 Å². The lowest BCUT2D eigenvalue weighted by atomic mass is 10.1. The first-order valence-corrected chi connectivity index (χ1v) is 7.18. The van der Waals surface area contributed by atoms with Crippen molar-refractivity contribution in [3.05, 3.63) is 0 Å². The second-order valence-corrected chi connectivity index (χ2v) is 4.42. The van der Waals surface area contributed by atoms with Gasteiger partial charge in [0.25, 0.3) is 0 Å². The Kier molecular flexibility index (Phi) is 15.8. The number of aliphatic hydroxyl groups excluding tert-OH is 1. The molecule has 0 spiro atoms. The van der Waals surface area contributed by atoms with Gasteiger partial charge < -0.3 is 14.6 Å². The molecule has 0 aliphatic rings. The summed E-state index contributed by atoms with van der Waals surface area (Å²) in [6.45, 7) is 4.85. The molecule has 0 heterocycles. The van der Waals surface area contributed by atoms with Gasteiger partial charge in [-0.25, -0.2) is 0 Å². The summed E-state index contributed by atoms with van der Waals surface area (Å²) >= 11 is 0. The van der Waals surface area contributed by atoms with E-state index in [0.717, 1.165) is 13.0 Å². The summed E-state index contributed by atoms with van der Waals surface area (Å²) in [5.41, 5.74) is 0. The average molecular weight is 246 g/mol. The van der Waals surface area contributed by atoms with Crippen LogP contribution in [0.25, 0.3) is 0 Å². The fourth-order valence-electron chi connectivity index (χ4n) is 1.72. The highest BCUT2D eigenvalue weighted by Gasteiger charge is 1.92. The third-order valence-electron chi connectivity index (χ3n) is 2.75. The Hall–Kier alpha value is -0.120. The lowest BCUT2D eigenvalue weighted by Gasteiger charge is -2.05. The predicted molar refractivity (Wildman–Crippen MR) is 71.3 cm³/mol. The summed E-state index contributed by atoms with van der Waals surface area (Å²) in [6, 6.07) is 0. The summed E-state index contributed by atoms with van der Waals surface area (Å²) in [5, 5.41) is 8.48. The van der Waals surface area contributed by atoms with Gasteiger partial charge in [0, 0.05) is 6.61 Å². The second kappa shape index (κ2) is 15.9. The number of hydrogen-bond donors (Lipinski definition) is 1. The van der Waals surface area contributed by atoms with Crippen molar-refractivity contribution in [2.75, 3.05) is 33.0 Å². The lowest BCUT2D eigenvalue weighted by molar-refractivity contribution is 0.0321. The van der Waals surface area contributed by atoms with Crippen molar-refractivity contribution < 1.29 is 14.6 Å². The van der Waals surface area contributed by atoms with E-state index in [1.807, 2.05) is 0 Å². The Morgan fingerprint density at radius 1 is 0.647 bits per heavy atom. The van der Waals surface area contributed by atoms with Crippen molar-refractivity contribution in [2.45, 2.75) is 58.3 Å². The van der Waals surface area contributed by atoms with E-state index in [4.69, 9.17) is 14.6 Å². The highest BCUT2D eigenvalue weighted by Crippen LogP contribution is 2.08. The molecule has 104 valence electrons. The lowest BCUT2D eigenvalue weighted by Crippen LogP contribution is -2.07. The molecular weight excluding hydrogens is 216 g/mol. The van der Waals surface area contributed by atoms with Crippen LogP contribution in [-0.2, 0) is 9.47 Å². The van der Waals surface area contributed by atoms with Gasteiger partial charge >= 0.3 is 0 Å². The Bertz CT molecular complexity index is 115. The van der Waals surface area contributed by atoms with Crippen LogP contribution in [0.3, 0.4) is 0 Å². The number of hydrogen-bond acceptors (Lipinski definition) is 3. The quantitative estimate of drug-likeness (QED) is 0.478. The molecular formula is C14H30O3. The fourth-order valence-corrected chi connectivity index (χ4v) is 1.72. The maximum atomic E-state index is 8.48. The van der Waals surface area contributed by atoms with E-state index in [9.17, 15) is 0 Å². The third kappa shape index (κ3) is 15.9. The molecule has 0 saturated carbocycles. The average Bonchev–Trinajstić information content (AvgIpc) is 2.35. The van der Waals surface area contributed by atoms with Crippen molar-refractivity contribution in [2.24, 2.45) is 0 Å². The molecule has 0 rings (SSSR count). The van der Waals surface area contributed by atoms with Crippen LogP contribution in [0.1, 0.15) is 58.3 Å². The van der Waals surface area contributed by atoms with Gasteiger partial charge in [-0.2, -0.15) is 0 Å². The standard InChI is InChI=1S/C14H30O3/c1-2-3-4-5-6-7-8-9-11-16-13-14-17-12-10-15/h15H,2-14H2,1H3. The van der Waals surface area contributed by atoms with E-state index in [1.54, 1.807) is 0 Å². The molecule has 0 aliphatic carbocycles. The molecule has 0 bridgehead atoms. The molecule has 3 nitrogen and oxygen atoms in total. The van der Waals surface area contributed by atoms with Crippen molar-refractivity contribution in [1.29, 1.82) is 0 Å². The maximum Gasteiger partial charge on any atom is 0.0701 e. The Balaban J connectivity index is 2.85. The fraction of sp³-hybridized carbons (Fsp3) is 1.00. The molecule has 0 aromatic rings. The van der Waals surface area contributed by atoms with Crippen LogP contribution >= 0.6 is 0 Å². The minimum Gasteiger partial charge on any atom is -0.394 e. The zero-order valence-electron chi connectivity index (χ0n) is 11.5. The predicted octanol–water partition coefficient (Wildman–Crippen LogP) is 3.15. The van der Waals surface area contributed by atoms with Crippen LogP contribution in [-0.4, -0.2) is 38.1 Å². The Labute approximate surface area is 107 Å². The Morgan fingerprint density at radius 2 is 1.18 bits per heavy atom. The van der Waals surface area contributed by atoms with Gasteiger partial charge in [-0.05, 0) is 6.42 Å². The molecule has 0 aromatic heterocycles. The molecule has 0 fully saturated rings. The first-order valence-electron chi connectivity index (χ1n) is 7.18. The van der Waals surface area contributed by atoms with Crippen molar-refractivity contribution >= 4 is 0 Å².